The molecule has 0 saturated carbocycles. The summed E-state index contributed by atoms with van der Waals surface area (Å²) in [7, 11) is 1.83. The van der Waals surface area contributed by atoms with Gasteiger partial charge in [0.15, 0.2) is 5.65 Å². The Morgan fingerprint density at radius 3 is 3.21 bits per heavy atom. The zero-order valence-electron chi connectivity index (χ0n) is 10.8. The van der Waals surface area contributed by atoms with E-state index in [1.165, 1.54) is 6.33 Å². The summed E-state index contributed by atoms with van der Waals surface area (Å²) < 4.78 is 1.69. The first-order valence-electron chi connectivity index (χ1n) is 6.42. The molecule has 0 radical (unpaired) electrons. The Hall–Kier alpha value is -2.18. The highest BCUT2D eigenvalue weighted by molar-refractivity contribution is 5.90. The Morgan fingerprint density at radius 1 is 1.42 bits per heavy atom. The molecule has 0 aliphatic carbocycles. The number of nitrogens with zero attached hydrogens (tertiary/aromatic N) is 4. The molecule has 0 bridgehead atoms. The highest BCUT2D eigenvalue weighted by Gasteiger charge is 2.21. The number of amides is 1. The lowest BCUT2D eigenvalue weighted by atomic mass is 10.1. The molecule has 0 spiro atoms. The predicted molar refractivity (Wildman–Crippen MR) is 70.6 cm³/mol. The second-order valence-electron chi connectivity index (χ2n) is 4.71. The summed E-state index contributed by atoms with van der Waals surface area (Å²) in [6.07, 6.45) is 6.07. The summed E-state index contributed by atoms with van der Waals surface area (Å²) in [6.45, 7) is 0.753. The van der Waals surface area contributed by atoms with Crippen LogP contribution in [0, 0.1) is 0 Å². The SMILES string of the molecule is Cn1ncc2c(N[C@@H]3CCCCNC3=O)ncnc21. The van der Waals surface area contributed by atoms with Gasteiger partial charge in [-0.2, -0.15) is 5.10 Å². The molecule has 1 aliphatic heterocycles. The van der Waals surface area contributed by atoms with Crippen LogP contribution in [0.1, 0.15) is 19.3 Å². The molecule has 1 fully saturated rings. The zero-order chi connectivity index (χ0) is 13.2. The molecule has 3 rings (SSSR count). The Kier molecular flexibility index (Phi) is 3.02. The number of fused-ring (bicyclic) bond motifs is 1. The molecular formula is C12H16N6O. The average Bonchev–Trinajstić information content (AvgIpc) is 2.67. The third kappa shape index (κ3) is 2.23. The van der Waals surface area contributed by atoms with E-state index in [0.717, 1.165) is 36.8 Å². The van der Waals surface area contributed by atoms with Crippen LogP contribution in [0.25, 0.3) is 11.0 Å². The van der Waals surface area contributed by atoms with Crippen LogP contribution in [-0.2, 0) is 11.8 Å². The third-order valence-electron chi connectivity index (χ3n) is 3.38. The number of carbonyl (C=O) groups excluding carboxylic acids is 1. The normalized spacial score (nSPS) is 20.1. The Labute approximate surface area is 110 Å². The van der Waals surface area contributed by atoms with E-state index >= 15 is 0 Å². The van der Waals surface area contributed by atoms with Crippen molar-refractivity contribution < 1.29 is 4.79 Å². The van der Waals surface area contributed by atoms with Crippen LogP contribution in [0.5, 0.6) is 0 Å². The first-order valence-corrected chi connectivity index (χ1v) is 6.42. The maximum atomic E-state index is 11.9. The third-order valence-corrected chi connectivity index (χ3v) is 3.38. The summed E-state index contributed by atoms with van der Waals surface area (Å²) in [6, 6.07) is -0.235. The second kappa shape index (κ2) is 4.83. The van der Waals surface area contributed by atoms with Crippen LogP contribution < -0.4 is 10.6 Å². The number of aryl methyl sites for hydroxylation is 1. The van der Waals surface area contributed by atoms with Gasteiger partial charge in [-0.05, 0) is 19.3 Å². The lowest BCUT2D eigenvalue weighted by Gasteiger charge is -2.15. The van der Waals surface area contributed by atoms with E-state index in [0.29, 0.717) is 5.82 Å². The number of nitrogens with one attached hydrogen (secondary N) is 2. The van der Waals surface area contributed by atoms with Crippen molar-refractivity contribution in [3.8, 4) is 0 Å². The lowest BCUT2D eigenvalue weighted by molar-refractivity contribution is -0.121. The van der Waals surface area contributed by atoms with Crippen LogP contribution in [0.2, 0.25) is 0 Å². The van der Waals surface area contributed by atoms with Gasteiger partial charge in [0.1, 0.15) is 18.2 Å². The van der Waals surface area contributed by atoms with Gasteiger partial charge in [0, 0.05) is 13.6 Å². The molecule has 1 saturated heterocycles. The van der Waals surface area contributed by atoms with Gasteiger partial charge in [-0.15, -0.1) is 0 Å². The first kappa shape index (κ1) is 11.9. The Morgan fingerprint density at radius 2 is 2.32 bits per heavy atom. The quantitative estimate of drug-likeness (QED) is 0.818. The minimum atomic E-state index is -0.235. The highest BCUT2D eigenvalue weighted by atomic mass is 16.2. The topological polar surface area (TPSA) is 84.7 Å². The van der Waals surface area contributed by atoms with Gasteiger partial charge in [-0.25, -0.2) is 9.97 Å². The molecule has 2 aromatic rings. The van der Waals surface area contributed by atoms with Crippen LogP contribution in [0.4, 0.5) is 5.82 Å². The molecule has 0 aromatic carbocycles. The average molecular weight is 260 g/mol. The summed E-state index contributed by atoms with van der Waals surface area (Å²) >= 11 is 0. The maximum Gasteiger partial charge on any atom is 0.242 e. The summed E-state index contributed by atoms with van der Waals surface area (Å²) in [5.74, 6) is 0.702. The molecule has 2 aromatic heterocycles. The fourth-order valence-corrected chi connectivity index (χ4v) is 2.32. The van der Waals surface area contributed by atoms with Gasteiger partial charge in [-0.1, -0.05) is 0 Å². The Balaban J connectivity index is 1.90. The van der Waals surface area contributed by atoms with Gasteiger partial charge >= 0.3 is 0 Å². The molecule has 7 heteroatoms. The smallest absolute Gasteiger partial charge is 0.242 e. The minimum Gasteiger partial charge on any atom is -0.358 e. The maximum absolute atomic E-state index is 11.9. The van der Waals surface area contributed by atoms with E-state index < -0.39 is 0 Å². The van der Waals surface area contributed by atoms with Crippen LogP contribution >= 0.6 is 0 Å². The summed E-state index contributed by atoms with van der Waals surface area (Å²) in [5, 5.41) is 11.1. The van der Waals surface area contributed by atoms with E-state index in [-0.39, 0.29) is 11.9 Å². The van der Waals surface area contributed by atoms with Crippen molar-refractivity contribution in [1.82, 2.24) is 25.1 Å². The molecule has 19 heavy (non-hydrogen) atoms. The summed E-state index contributed by atoms with van der Waals surface area (Å²) in [4.78, 5) is 20.3. The molecule has 1 amide bonds. The van der Waals surface area contributed by atoms with E-state index in [1.54, 1.807) is 10.9 Å². The number of rotatable bonds is 2. The fourth-order valence-electron chi connectivity index (χ4n) is 2.32. The van der Waals surface area contributed by atoms with Crippen molar-refractivity contribution in [1.29, 1.82) is 0 Å². The van der Waals surface area contributed by atoms with Crippen LogP contribution in [-0.4, -0.2) is 38.2 Å². The van der Waals surface area contributed by atoms with Crippen molar-refractivity contribution in [3.63, 3.8) is 0 Å². The van der Waals surface area contributed by atoms with Crippen molar-refractivity contribution in [3.05, 3.63) is 12.5 Å². The molecule has 1 aliphatic rings. The standard InChI is InChI=1S/C12H16N6O/c1-18-11-8(6-16-18)10(14-7-15-11)17-9-4-2-3-5-13-12(9)19/h6-7,9H,2-5H2,1H3,(H,13,19)(H,14,15,17)/t9-/m1/s1. The van der Waals surface area contributed by atoms with E-state index in [4.69, 9.17) is 0 Å². The largest absolute Gasteiger partial charge is 0.358 e. The molecule has 1 atom stereocenters. The van der Waals surface area contributed by atoms with Gasteiger partial charge < -0.3 is 10.6 Å². The van der Waals surface area contributed by atoms with Crippen molar-refractivity contribution in [2.24, 2.45) is 7.05 Å². The number of hydrogen-bond acceptors (Lipinski definition) is 5. The number of aromatic nitrogens is 4. The summed E-state index contributed by atoms with van der Waals surface area (Å²) in [5.41, 5.74) is 0.756. The number of carbonyl (C=O) groups is 1. The minimum absolute atomic E-state index is 0.0353. The van der Waals surface area contributed by atoms with Crippen molar-refractivity contribution in [2.45, 2.75) is 25.3 Å². The van der Waals surface area contributed by atoms with Crippen LogP contribution in [0.15, 0.2) is 12.5 Å². The zero-order valence-corrected chi connectivity index (χ0v) is 10.8. The predicted octanol–water partition coefficient (Wildman–Crippen LogP) is 0.444. The molecule has 0 unspecified atom stereocenters. The van der Waals surface area contributed by atoms with Crippen molar-refractivity contribution >= 4 is 22.8 Å². The molecule has 3 heterocycles. The van der Waals surface area contributed by atoms with E-state index in [9.17, 15) is 4.79 Å². The van der Waals surface area contributed by atoms with Gasteiger partial charge in [0.2, 0.25) is 5.91 Å². The number of hydrogen-bond donors (Lipinski definition) is 2. The molecule has 2 N–H and O–H groups in total. The van der Waals surface area contributed by atoms with E-state index in [1.807, 2.05) is 7.05 Å². The first-order chi connectivity index (χ1) is 9.25. The second-order valence-corrected chi connectivity index (χ2v) is 4.71. The monoisotopic (exact) mass is 260 g/mol. The van der Waals surface area contributed by atoms with Gasteiger partial charge in [0.25, 0.3) is 0 Å². The fraction of sp³-hybridized carbons (Fsp3) is 0.500. The Bertz CT molecular complexity index is 607. The molecule has 7 nitrogen and oxygen atoms in total. The van der Waals surface area contributed by atoms with Gasteiger partial charge in [0.05, 0.1) is 11.6 Å². The molecular weight excluding hydrogens is 244 g/mol. The van der Waals surface area contributed by atoms with E-state index in [2.05, 4.69) is 25.7 Å². The van der Waals surface area contributed by atoms with Crippen LogP contribution in [0.3, 0.4) is 0 Å². The van der Waals surface area contributed by atoms with Gasteiger partial charge in [-0.3, -0.25) is 9.48 Å². The number of anilines is 1. The van der Waals surface area contributed by atoms with Crippen molar-refractivity contribution in [2.75, 3.05) is 11.9 Å². The highest BCUT2D eigenvalue weighted by Crippen LogP contribution is 2.20. The molecule has 100 valence electrons. The lowest BCUT2D eigenvalue weighted by Crippen LogP contribution is -2.38.